The van der Waals surface area contributed by atoms with Gasteiger partial charge in [-0.3, -0.25) is 0 Å². The first kappa shape index (κ1) is 20.1. The van der Waals surface area contributed by atoms with Gasteiger partial charge in [-0.25, -0.2) is 0 Å². The molecule has 0 saturated heterocycles. The van der Waals surface area contributed by atoms with Crippen molar-refractivity contribution in [3.8, 4) is 0 Å². The van der Waals surface area contributed by atoms with E-state index < -0.39 is 0 Å². The molecule has 0 aliphatic heterocycles. The highest BCUT2D eigenvalue weighted by Gasteiger charge is 2.33. The Balaban J connectivity index is 2.08. The van der Waals surface area contributed by atoms with Gasteiger partial charge in [-0.2, -0.15) is 0 Å². The summed E-state index contributed by atoms with van der Waals surface area (Å²) in [4.78, 5) is 0. The number of allylic oxidation sites excluding steroid dienone is 9. The first-order chi connectivity index (χ1) is 11.3. The molecule has 0 spiro atoms. The van der Waals surface area contributed by atoms with Crippen LogP contribution in [0, 0.1) is 11.8 Å². The average Bonchev–Trinajstić information content (AvgIpc) is 3.32. The minimum absolute atomic E-state index is 0.197. The topological polar surface area (TPSA) is 9.23 Å². The van der Waals surface area contributed by atoms with Crippen LogP contribution in [-0.2, 0) is 4.52 Å². The molecule has 1 nitrogen and oxygen atoms in total. The molecule has 4 unspecified atom stereocenters. The molecule has 0 bridgehead atoms. The van der Waals surface area contributed by atoms with Gasteiger partial charge in [-0.05, 0) is 37.5 Å². The van der Waals surface area contributed by atoms with Crippen molar-refractivity contribution in [2.45, 2.75) is 58.5 Å². The lowest BCUT2D eigenvalue weighted by Gasteiger charge is -2.04. The Labute approximate surface area is 145 Å². The van der Waals surface area contributed by atoms with Gasteiger partial charge in [0.15, 0.2) is 0 Å². The summed E-state index contributed by atoms with van der Waals surface area (Å²) in [7, 11) is 2.32. The molecule has 128 valence electrons. The minimum Gasteiger partial charge on any atom is -0.358 e. The third-order valence-corrected chi connectivity index (χ3v) is 4.51. The lowest BCUT2D eigenvalue weighted by molar-refractivity contribution is 0.289. The maximum atomic E-state index is 5.20. The molecule has 0 aromatic rings. The van der Waals surface area contributed by atoms with Crippen LogP contribution in [0.1, 0.15) is 52.4 Å². The minimum atomic E-state index is 0.197. The highest BCUT2D eigenvalue weighted by atomic mass is 31.0. The summed E-state index contributed by atoms with van der Waals surface area (Å²) in [6.07, 6.45) is 29.1. The van der Waals surface area contributed by atoms with Crippen LogP contribution in [0.25, 0.3) is 0 Å². The SMILES string of the molecule is CCCCC1CC1/C=C/C=C/C=C\C/C=C\C=C\C(CC)OP. The lowest BCUT2D eigenvalue weighted by atomic mass is 10.1. The number of rotatable bonds is 12. The Morgan fingerprint density at radius 2 is 1.78 bits per heavy atom. The fourth-order valence-corrected chi connectivity index (χ4v) is 2.78. The van der Waals surface area contributed by atoms with E-state index in [4.69, 9.17) is 4.52 Å². The normalized spacial score (nSPS) is 23.3. The van der Waals surface area contributed by atoms with E-state index in [1.165, 1.54) is 25.7 Å². The quantitative estimate of drug-likeness (QED) is 0.290. The van der Waals surface area contributed by atoms with Gasteiger partial charge in [0, 0.05) is 9.47 Å². The number of hydrogen-bond acceptors (Lipinski definition) is 1. The second-order valence-corrected chi connectivity index (χ2v) is 6.40. The monoisotopic (exact) mass is 332 g/mol. The second-order valence-electron chi connectivity index (χ2n) is 6.13. The Kier molecular flexibility index (Phi) is 11.8. The third-order valence-electron chi connectivity index (χ3n) is 4.16. The van der Waals surface area contributed by atoms with Crippen LogP contribution >= 0.6 is 9.47 Å². The summed E-state index contributed by atoms with van der Waals surface area (Å²) in [5.41, 5.74) is 0. The zero-order valence-corrected chi connectivity index (χ0v) is 15.9. The zero-order valence-electron chi connectivity index (χ0n) is 14.7. The molecule has 23 heavy (non-hydrogen) atoms. The van der Waals surface area contributed by atoms with Crippen molar-refractivity contribution in [3.63, 3.8) is 0 Å². The third kappa shape index (κ3) is 10.5. The van der Waals surface area contributed by atoms with E-state index >= 15 is 0 Å². The van der Waals surface area contributed by atoms with Gasteiger partial charge in [0.1, 0.15) is 0 Å². The van der Waals surface area contributed by atoms with Crippen molar-refractivity contribution >= 4 is 9.47 Å². The molecule has 0 aromatic carbocycles. The summed E-state index contributed by atoms with van der Waals surface area (Å²) in [5, 5.41) is 0. The predicted octanol–water partition coefficient (Wildman–Crippen LogP) is 6.57. The van der Waals surface area contributed by atoms with Crippen molar-refractivity contribution in [2.75, 3.05) is 0 Å². The van der Waals surface area contributed by atoms with Crippen LogP contribution < -0.4 is 0 Å². The Morgan fingerprint density at radius 3 is 2.48 bits per heavy atom. The molecule has 1 fully saturated rings. The standard InChI is InChI=1S/C21H33OP/c1-3-5-15-19-18-20(19)16-13-11-9-7-6-8-10-12-14-17-21(4-2)22-23/h6-7,9-14,16-17,19-21H,3-5,8,15,18,23H2,1-2H3/b7-6-,11-9+,12-10-,16-13+,17-14+. The van der Waals surface area contributed by atoms with E-state index in [1.807, 2.05) is 0 Å². The second kappa shape index (κ2) is 13.5. The molecular weight excluding hydrogens is 299 g/mol. The van der Waals surface area contributed by atoms with E-state index in [-0.39, 0.29) is 6.10 Å². The van der Waals surface area contributed by atoms with Crippen molar-refractivity contribution < 1.29 is 4.52 Å². The summed E-state index contributed by atoms with van der Waals surface area (Å²) >= 11 is 0. The van der Waals surface area contributed by atoms with Crippen LogP contribution in [0.3, 0.4) is 0 Å². The van der Waals surface area contributed by atoms with Gasteiger partial charge in [-0.15, -0.1) is 0 Å². The van der Waals surface area contributed by atoms with Crippen LogP contribution in [0.5, 0.6) is 0 Å². The Bertz CT molecular complexity index is 427. The van der Waals surface area contributed by atoms with Gasteiger partial charge in [0.25, 0.3) is 0 Å². The molecular formula is C21H33OP. The van der Waals surface area contributed by atoms with Gasteiger partial charge >= 0.3 is 0 Å². The van der Waals surface area contributed by atoms with E-state index in [1.54, 1.807) is 0 Å². The predicted molar refractivity (Wildman–Crippen MR) is 106 cm³/mol. The molecule has 0 aromatic heterocycles. The first-order valence-electron chi connectivity index (χ1n) is 9.00. The van der Waals surface area contributed by atoms with Crippen molar-refractivity contribution in [3.05, 3.63) is 60.8 Å². The fraction of sp³-hybridized carbons (Fsp3) is 0.524. The molecule has 1 aliphatic rings. The molecule has 1 saturated carbocycles. The molecule has 0 radical (unpaired) electrons. The maximum absolute atomic E-state index is 5.20. The highest BCUT2D eigenvalue weighted by Crippen LogP contribution is 2.43. The molecule has 2 heteroatoms. The molecule has 1 aliphatic carbocycles. The summed E-state index contributed by atoms with van der Waals surface area (Å²) < 4.78 is 5.20. The van der Waals surface area contributed by atoms with Gasteiger partial charge in [0.05, 0.1) is 6.10 Å². The largest absolute Gasteiger partial charge is 0.358 e. The molecule has 0 N–H and O–H groups in total. The van der Waals surface area contributed by atoms with E-state index in [0.717, 1.165) is 24.7 Å². The van der Waals surface area contributed by atoms with Gasteiger partial charge in [-0.1, -0.05) is 87.4 Å². The van der Waals surface area contributed by atoms with Crippen LogP contribution in [0.4, 0.5) is 0 Å². The van der Waals surface area contributed by atoms with E-state index in [9.17, 15) is 0 Å². The average molecular weight is 332 g/mol. The smallest absolute Gasteiger partial charge is 0.0792 e. The zero-order chi connectivity index (χ0) is 16.8. The maximum Gasteiger partial charge on any atom is 0.0792 e. The summed E-state index contributed by atoms with van der Waals surface area (Å²) in [5.74, 6) is 1.82. The van der Waals surface area contributed by atoms with E-state index in [2.05, 4.69) is 84.1 Å². The van der Waals surface area contributed by atoms with Crippen LogP contribution in [-0.4, -0.2) is 6.10 Å². The molecule has 0 amide bonds. The number of unbranched alkanes of at least 4 members (excludes halogenated alkanes) is 1. The number of hydrogen-bond donors (Lipinski definition) is 0. The molecule has 4 atom stereocenters. The van der Waals surface area contributed by atoms with Crippen LogP contribution in [0.2, 0.25) is 0 Å². The van der Waals surface area contributed by atoms with Crippen molar-refractivity contribution in [2.24, 2.45) is 11.8 Å². The van der Waals surface area contributed by atoms with Crippen molar-refractivity contribution in [1.29, 1.82) is 0 Å². The van der Waals surface area contributed by atoms with Crippen LogP contribution in [0.15, 0.2) is 60.8 Å². The van der Waals surface area contributed by atoms with Gasteiger partial charge < -0.3 is 4.52 Å². The van der Waals surface area contributed by atoms with E-state index in [0.29, 0.717) is 0 Å². The molecule has 1 rings (SSSR count). The molecule has 0 heterocycles. The Morgan fingerprint density at radius 1 is 1.04 bits per heavy atom. The van der Waals surface area contributed by atoms with Gasteiger partial charge in [0.2, 0.25) is 0 Å². The fourth-order valence-electron chi connectivity index (χ4n) is 2.50. The highest BCUT2D eigenvalue weighted by molar-refractivity contribution is 7.09. The Hall–Kier alpha value is -0.910. The summed E-state index contributed by atoms with van der Waals surface area (Å²) in [6.45, 7) is 4.38. The first-order valence-corrected chi connectivity index (χ1v) is 9.47. The lowest BCUT2D eigenvalue weighted by Crippen LogP contribution is -1.99. The van der Waals surface area contributed by atoms with Crippen molar-refractivity contribution in [1.82, 2.24) is 0 Å². The summed E-state index contributed by atoms with van der Waals surface area (Å²) in [6, 6.07) is 0.